The number of aliphatic hydroxyl groups is 1. The summed E-state index contributed by atoms with van der Waals surface area (Å²) in [6.45, 7) is 5.87. The second-order valence-electron chi connectivity index (χ2n) is 4.08. The zero-order valence-electron chi connectivity index (χ0n) is 9.35. The van der Waals surface area contributed by atoms with Crippen LogP contribution in [0.4, 0.5) is 5.69 Å². The highest BCUT2D eigenvalue weighted by atomic mass is 16.3. The Hall–Kier alpha value is -1.22. The van der Waals surface area contributed by atoms with Gasteiger partial charge in [-0.3, -0.25) is 0 Å². The van der Waals surface area contributed by atoms with E-state index in [4.69, 9.17) is 5.11 Å². The van der Waals surface area contributed by atoms with Crippen LogP contribution in [0.5, 0.6) is 5.75 Å². The Morgan fingerprint density at radius 3 is 2.60 bits per heavy atom. The topological polar surface area (TPSA) is 43.7 Å². The van der Waals surface area contributed by atoms with E-state index in [0.717, 1.165) is 12.2 Å². The number of nitrogens with zero attached hydrogens (tertiary/aromatic N) is 1. The van der Waals surface area contributed by atoms with Crippen LogP contribution in [0.1, 0.15) is 13.8 Å². The maximum atomic E-state index is 9.38. The molecule has 0 saturated heterocycles. The zero-order valence-corrected chi connectivity index (χ0v) is 9.35. The lowest BCUT2D eigenvalue weighted by atomic mass is 10.2. The summed E-state index contributed by atoms with van der Waals surface area (Å²) >= 11 is 0. The summed E-state index contributed by atoms with van der Waals surface area (Å²) in [5.74, 6) is 0.790. The minimum absolute atomic E-state index is 0.127. The van der Waals surface area contributed by atoms with Gasteiger partial charge in [0.15, 0.2) is 0 Å². The van der Waals surface area contributed by atoms with Crippen molar-refractivity contribution in [3.05, 3.63) is 24.3 Å². The second kappa shape index (κ2) is 5.61. The van der Waals surface area contributed by atoms with E-state index in [9.17, 15) is 5.11 Å². The summed E-state index contributed by atoms with van der Waals surface area (Å²) in [4.78, 5) is 2.07. The lowest BCUT2D eigenvalue weighted by Crippen LogP contribution is -2.30. The summed E-state index contributed by atoms with van der Waals surface area (Å²) in [6.07, 6.45) is 0. The van der Waals surface area contributed by atoms with Crippen molar-refractivity contribution in [1.29, 1.82) is 0 Å². The summed E-state index contributed by atoms with van der Waals surface area (Å²) in [6, 6.07) is 7.13. The Balaban J connectivity index is 2.78. The maximum absolute atomic E-state index is 9.38. The first-order chi connectivity index (χ1) is 7.13. The molecule has 0 spiro atoms. The Bertz CT molecular complexity index is 299. The molecule has 0 unspecified atom stereocenters. The molecule has 0 atom stereocenters. The first kappa shape index (κ1) is 11.9. The van der Waals surface area contributed by atoms with Crippen LogP contribution in [0.15, 0.2) is 24.3 Å². The van der Waals surface area contributed by atoms with Crippen LogP contribution in [0.25, 0.3) is 0 Å². The van der Waals surface area contributed by atoms with Crippen LogP contribution < -0.4 is 4.90 Å². The van der Waals surface area contributed by atoms with Crippen molar-refractivity contribution in [2.45, 2.75) is 13.8 Å². The first-order valence-electron chi connectivity index (χ1n) is 5.28. The first-order valence-corrected chi connectivity index (χ1v) is 5.28. The van der Waals surface area contributed by atoms with E-state index in [2.05, 4.69) is 18.7 Å². The average Bonchev–Trinajstić information content (AvgIpc) is 2.16. The fraction of sp³-hybridized carbons (Fsp3) is 0.500. The fourth-order valence-corrected chi connectivity index (χ4v) is 1.58. The molecule has 1 aromatic carbocycles. The zero-order chi connectivity index (χ0) is 11.3. The highest BCUT2D eigenvalue weighted by Gasteiger charge is 2.08. The molecule has 3 heteroatoms. The van der Waals surface area contributed by atoms with E-state index in [-0.39, 0.29) is 12.4 Å². The lowest BCUT2D eigenvalue weighted by molar-refractivity contribution is 0.300. The van der Waals surface area contributed by atoms with Gasteiger partial charge in [0.05, 0.1) is 6.61 Å². The van der Waals surface area contributed by atoms with E-state index in [1.54, 1.807) is 12.1 Å². The van der Waals surface area contributed by atoms with Crippen LogP contribution in [0.3, 0.4) is 0 Å². The highest BCUT2D eigenvalue weighted by molar-refractivity contribution is 5.50. The fourth-order valence-electron chi connectivity index (χ4n) is 1.58. The third-order valence-corrected chi connectivity index (χ3v) is 2.15. The molecule has 0 aliphatic heterocycles. The van der Waals surface area contributed by atoms with Gasteiger partial charge in [0, 0.05) is 24.8 Å². The second-order valence-corrected chi connectivity index (χ2v) is 4.08. The lowest BCUT2D eigenvalue weighted by Gasteiger charge is -2.25. The molecule has 3 nitrogen and oxygen atoms in total. The van der Waals surface area contributed by atoms with E-state index in [1.165, 1.54) is 0 Å². The van der Waals surface area contributed by atoms with Gasteiger partial charge in [0.2, 0.25) is 0 Å². The third-order valence-electron chi connectivity index (χ3n) is 2.15. The highest BCUT2D eigenvalue weighted by Crippen LogP contribution is 2.20. The molecule has 0 radical (unpaired) electrons. The van der Waals surface area contributed by atoms with E-state index in [0.29, 0.717) is 12.5 Å². The smallest absolute Gasteiger partial charge is 0.117 e. The molecular weight excluding hydrogens is 190 g/mol. The molecule has 0 aliphatic rings. The molecule has 0 saturated carbocycles. The number of phenols is 1. The van der Waals surface area contributed by atoms with Gasteiger partial charge in [-0.25, -0.2) is 0 Å². The van der Waals surface area contributed by atoms with Crippen molar-refractivity contribution in [3.8, 4) is 5.75 Å². The summed E-state index contributed by atoms with van der Waals surface area (Å²) < 4.78 is 0. The summed E-state index contributed by atoms with van der Waals surface area (Å²) in [5.41, 5.74) is 0.956. The largest absolute Gasteiger partial charge is 0.508 e. The quantitative estimate of drug-likeness (QED) is 0.777. The Morgan fingerprint density at radius 1 is 1.33 bits per heavy atom. The Morgan fingerprint density at radius 2 is 2.07 bits per heavy atom. The standard InChI is InChI=1S/C12H19NO2/c1-10(2)9-13(6-7-14)11-4-3-5-12(15)8-11/h3-5,8,10,14-15H,6-7,9H2,1-2H3. The van der Waals surface area contributed by atoms with Gasteiger partial charge in [-0.1, -0.05) is 19.9 Å². The van der Waals surface area contributed by atoms with Crippen molar-refractivity contribution in [2.24, 2.45) is 5.92 Å². The van der Waals surface area contributed by atoms with Gasteiger partial charge in [0.25, 0.3) is 0 Å². The van der Waals surface area contributed by atoms with Gasteiger partial charge in [-0.2, -0.15) is 0 Å². The van der Waals surface area contributed by atoms with Crippen LogP contribution >= 0.6 is 0 Å². The molecule has 0 aromatic heterocycles. The SMILES string of the molecule is CC(C)CN(CCO)c1cccc(O)c1. The summed E-state index contributed by atoms with van der Waals surface area (Å²) in [5, 5.41) is 18.4. The molecule has 15 heavy (non-hydrogen) atoms. The number of phenolic OH excluding ortho intramolecular Hbond substituents is 1. The van der Waals surface area contributed by atoms with Crippen molar-refractivity contribution in [3.63, 3.8) is 0 Å². The van der Waals surface area contributed by atoms with Gasteiger partial charge in [-0.15, -0.1) is 0 Å². The molecule has 0 aliphatic carbocycles. The molecule has 0 heterocycles. The predicted octanol–water partition coefficient (Wildman–Crippen LogP) is 1.85. The predicted molar refractivity (Wildman–Crippen MR) is 62.2 cm³/mol. The normalized spacial score (nSPS) is 10.7. The van der Waals surface area contributed by atoms with Crippen LogP contribution in [0.2, 0.25) is 0 Å². The Labute approximate surface area is 91.0 Å². The van der Waals surface area contributed by atoms with Gasteiger partial charge < -0.3 is 15.1 Å². The number of anilines is 1. The van der Waals surface area contributed by atoms with E-state index < -0.39 is 0 Å². The molecule has 1 aromatic rings. The van der Waals surface area contributed by atoms with Crippen molar-refractivity contribution >= 4 is 5.69 Å². The van der Waals surface area contributed by atoms with Gasteiger partial charge >= 0.3 is 0 Å². The minimum atomic E-state index is 0.127. The number of rotatable bonds is 5. The molecule has 84 valence electrons. The maximum Gasteiger partial charge on any atom is 0.117 e. The monoisotopic (exact) mass is 209 g/mol. The molecule has 2 N–H and O–H groups in total. The van der Waals surface area contributed by atoms with Crippen LogP contribution in [-0.4, -0.2) is 29.9 Å². The number of hydrogen-bond donors (Lipinski definition) is 2. The van der Waals surface area contributed by atoms with Gasteiger partial charge in [0.1, 0.15) is 5.75 Å². The average molecular weight is 209 g/mol. The number of hydrogen-bond acceptors (Lipinski definition) is 3. The summed E-state index contributed by atoms with van der Waals surface area (Å²) in [7, 11) is 0. The van der Waals surface area contributed by atoms with E-state index >= 15 is 0 Å². The minimum Gasteiger partial charge on any atom is -0.508 e. The Kier molecular flexibility index (Phi) is 4.43. The van der Waals surface area contributed by atoms with Crippen molar-refractivity contribution in [1.82, 2.24) is 0 Å². The number of aromatic hydroxyl groups is 1. The third kappa shape index (κ3) is 3.80. The number of aliphatic hydroxyl groups excluding tert-OH is 1. The number of benzene rings is 1. The molecular formula is C12H19NO2. The van der Waals surface area contributed by atoms with Crippen LogP contribution in [0, 0.1) is 5.92 Å². The molecule has 1 rings (SSSR count). The van der Waals surface area contributed by atoms with E-state index in [1.807, 2.05) is 12.1 Å². The van der Waals surface area contributed by atoms with Crippen LogP contribution in [-0.2, 0) is 0 Å². The van der Waals surface area contributed by atoms with Gasteiger partial charge in [-0.05, 0) is 18.1 Å². The van der Waals surface area contributed by atoms with Crippen molar-refractivity contribution < 1.29 is 10.2 Å². The molecule has 0 bridgehead atoms. The molecule has 0 amide bonds. The molecule has 0 fully saturated rings. The van der Waals surface area contributed by atoms with Crippen molar-refractivity contribution in [2.75, 3.05) is 24.6 Å².